The van der Waals surface area contributed by atoms with Gasteiger partial charge in [-0.1, -0.05) is 24.3 Å². The average molecular weight is 340 g/mol. The minimum atomic E-state index is -0.922. The Hall–Kier alpha value is -3.45. The van der Waals surface area contributed by atoms with E-state index in [0.29, 0.717) is 16.3 Å². The number of carbonyl (C=O) groups is 2. The van der Waals surface area contributed by atoms with Crippen LogP contribution in [0.5, 0.6) is 11.5 Å². The number of phenolic OH excluding ortho intramolecular Hbond substituents is 1. The smallest absolute Gasteiger partial charge is 0.343 e. The van der Waals surface area contributed by atoms with E-state index in [2.05, 4.69) is 5.43 Å². The molecular weight excluding hydrogens is 327 g/mol. The van der Waals surface area contributed by atoms with Gasteiger partial charge in [-0.25, -0.2) is 15.0 Å². The SMILES string of the molecule is NNC(=O)c1ccc(OC(=O)c2ccc(O)c(F)c2)c2ccccc12. The minimum Gasteiger partial charge on any atom is -0.505 e. The van der Waals surface area contributed by atoms with E-state index in [9.17, 15) is 19.1 Å². The molecular formula is C18H13FN2O4. The van der Waals surface area contributed by atoms with E-state index in [1.807, 2.05) is 0 Å². The number of nitrogen functional groups attached to an aromatic ring is 1. The van der Waals surface area contributed by atoms with Gasteiger partial charge in [-0.05, 0) is 35.7 Å². The molecule has 0 saturated heterocycles. The average Bonchev–Trinajstić information content (AvgIpc) is 2.63. The lowest BCUT2D eigenvalue weighted by Crippen LogP contribution is -2.30. The van der Waals surface area contributed by atoms with Crippen LogP contribution in [0.2, 0.25) is 0 Å². The summed E-state index contributed by atoms with van der Waals surface area (Å²) in [7, 11) is 0. The molecule has 0 unspecified atom stereocenters. The number of carbonyl (C=O) groups excluding carboxylic acids is 2. The van der Waals surface area contributed by atoms with Gasteiger partial charge in [0.1, 0.15) is 5.75 Å². The summed E-state index contributed by atoms with van der Waals surface area (Å²) >= 11 is 0. The summed E-state index contributed by atoms with van der Waals surface area (Å²) in [6.45, 7) is 0. The third-order valence-electron chi connectivity index (χ3n) is 3.65. The Morgan fingerprint density at radius 1 is 1.04 bits per heavy atom. The molecule has 0 spiro atoms. The molecule has 0 fully saturated rings. The van der Waals surface area contributed by atoms with E-state index in [1.54, 1.807) is 24.3 Å². The number of hydrogen-bond donors (Lipinski definition) is 3. The number of benzene rings is 3. The van der Waals surface area contributed by atoms with Crippen molar-refractivity contribution in [1.29, 1.82) is 0 Å². The van der Waals surface area contributed by atoms with Crippen LogP contribution in [0.3, 0.4) is 0 Å². The zero-order valence-corrected chi connectivity index (χ0v) is 12.8. The number of esters is 1. The molecule has 0 heterocycles. The van der Waals surface area contributed by atoms with Crippen LogP contribution in [0.4, 0.5) is 4.39 Å². The van der Waals surface area contributed by atoms with Gasteiger partial charge < -0.3 is 9.84 Å². The van der Waals surface area contributed by atoms with E-state index in [1.165, 1.54) is 18.2 Å². The van der Waals surface area contributed by atoms with Crippen LogP contribution >= 0.6 is 0 Å². The highest BCUT2D eigenvalue weighted by atomic mass is 19.1. The first kappa shape index (κ1) is 16.4. The molecule has 3 aromatic carbocycles. The highest BCUT2D eigenvalue weighted by Gasteiger charge is 2.16. The molecule has 0 bridgehead atoms. The lowest BCUT2D eigenvalue weighted by Gasteiger charge is -2.11. The second-order valence-corrected chi connectivity index (χ2v) is 5.19. The van der Waals surface area contributed by atoms with Gasteiger partial charge in [0.05, 0.1) is 5.56 Å². The molecule has 25 heavy (non-hydrogen) atoms. The topological polar surface area (TPSA) is 102 Å². The summed E-state index contributed by atoms with van der Waals surface area (Å²) < 4.78 is 18.7. The van der Waals surface area contributed by atoms with Crippen LogP contribution in [0, 0.1) is 5.82 Å². The molecule has 0 saturated carbocycles. The van der Waals surface area contributed by atoms with Crippen molar-refractivity contribution < 1.29 is 23.8 Å². The molecule has 3 rings (SSSR count). The van der Waals surface area contributed by atoms with Crippen molar-refractivity contribution in [3.8, 4) is 11.5 Å². The van der Waals surface area contributed by atoms with E-state index in [0.717, 1.165) is 12.1 Å². The van der Waals surface area contributed by atoms with Crippen molar-refractivity contribution in [1.82, 2.24) is 5.43 Å². The highest BCUT2D eigenvalue weighted by Crippen LogP contribution is 2.29. The largest absolute Gasteiger partial charge is 0.505 e. The Morgan fingerprint density at radius 3 is 2.44 bits per heavy atom. The molecule has 3 aromatic rings. The summed E-state index contributed by atoms with van der Waals surface area (Å²) in [6, 6.07) is 13.0. The van der Waals surface area contributed by atoms with Gasteiger partial charge in [0.2, 0.25) is 0 Å². The number of aromatic hydroxyl groups is 1. The summed E-state index contributed by atoms with van der Waals surface area (Å²) in [5, 5.41) is 10.3. The van der Waals surface area contributed by atoms with E-state index < -0.39 is 23.4 Å². The molecule has 0 aliphatic heterocycles. The first-order valence-corrected chi connectivity index (χ1v) is 7.24. The second kappa shape index (κ2) is 6.58. The predicted molar refractivity (Wildman–Crippen MR) is 88.6 cm³/mol. The third kappa shape index (κ3) is 3.13. The van der Waals surface area contributed by atoms with Crippen molar-refractivity contribution in [3.05, 3.63) is 71.5 Å². The number of phenols is 1. The highest BCUT2D eigenvalue weighted by molar-refractivity contribution is 6.09. The van der Waals surface area contributed by atoms with Crippen LogP contribution in [-0.4, -0.2) is 17.0 Å². The lowest BCUT2D eigenvalue weighted by molar-refractivity contribution is 0.0736. The predicted octanol–water partition coefficient (Wildman–Crippen LogP) is 2.51. The number of amides is 1. The number of halogens is 1. The van der Waals surface area contributed by atoms with Gasteiger partial charge in [-0.15, -0.1) is 0 Å². The van der Waals surface area contributed by atoms with Crippen molar-refractivity contribution in [2.45, 2.75) is 0 Å². The summed E-state index contributed by atoms with van der Waals surface area (Å²) in [5.41, 5.74) is 2.33. The zero-order chi connectivity index (χ0) is 18.0. The third-order valence-corrected chi connectivity index (χ3v) is 3.65. The van der Waals surface area contributed by atoms with Gasteiger partial charge in [0.25, 0.3) is 5.91 Å². The van der Waals surface area contributed by atoms with Gasteiger partial charge >= 0.3 is 5.97 Å². The minimum absolute atomic E-state index is 0.0526. The van der Waals surface area contributed by atoms with E-state index >= 15 is 0 Å². The number of hydrazine groups is 1. The number of rotatable bonds is 3. The molecule has 0 radical (unpaired) electrons. The van der Waals surface area contributed by atoms with Crippen LogP contribution in [0.25, 0.3) is 10.8 Å². The fourth-order valence-electron chi connectivity index (χ4n) is 2.43. The van der Waals surface area contributed by atoms with Crippen LogP contribution in [0.15, 0.2) is 54.6 Å². The molecule has 0 atom stereocenters. The fourth-order valence-corrected chi connectivity index (χ4v) is 2.43. The van der Waals surface area contributed by atoms with Crippen molar-refractivity contribution >= 4 is 22.6 Å². The molecule has 0 aliphatic rings. The Balaban J connectivity index is 2.00. The van der Waals surface area contributed by atoms with Crippen molar-refractivity contribution in [2.75, 3.05) is 0 Å². The second-order valence-electron chi connectivity index (χ2n) is 5.19. The van der Waals surface area contributed by atoms with Gasteiger partial charge in [0.15, 0.2) is 11.6 Å². The summed E-state index contributed by atoms with van der Waals surface area (Å²) in [6.07, 6.45) is 0. The van der Waals surface area contributed by atoms with E-state index in [4.69, 9.17) is 10.6 Å². The maximum Gasteiger partial charge on any atom is 0.343 e. The number of fused-ring (bicyclic) bond motifs is 1. The number of nitrogens with two attached hydrogens (primary N) is 1. The molecule has 6 nitrogen and oxygen atoms in total. The van der Waals surface area contributed by atoms with Crippen molar-refractivity contribution in [3.63, 3.8) is 0 Å². The Labute approximate surface area is 141 Å². The Bertz CT molecular complexity index is 988. The quantitative estimate of drug-likeness (QED) is 0.224. The molecule has 0 aromatic heterocycles. The Kier molecular flexibility index (Phi) is 4.32. The van der Waals surface area contributed by atoms with Crippen LogP contribution in [-0.2, 0) is 0 Å². The summed E-state index contributed by atoms with van der Waals surface area (Å²) in [5.74, 6) is 2.64. The lowest BCUT2D eigenvalue weighted by atomic mass is 10.0. The number of hydrogen-bond acceptors (Lipinski definition) is 5. The Morgan fingerprint density at radius 2 is 1.76 bits per heavy atom. The maximum atomic E-state index is 13.4. The molecule has 0 aliphatic carbocycles. The number of nitrogens with one attached hydrogen (secondary N) is 1. The zero-order valence-electron chi connectivity index (χ0n) is 12.8. The van der Waals surface area contributed by atoms with Crippen LogP contribution in [0.1, 0.15) is 20.7 Å². The van der Waals surface area contributed by atoms with Crippen molar-refractivity contribution in [2.24, 2.45) is 5.84 Å². The first-order valence-electron chi connectivity index (χ1n) is 7.24. The van der Waals surface area contributed by atoms with Gasteiger partial charge in [0, 0.05) is 10.9 Å². The molecule has 4 N–H and O–H groups in total. The first-order chi connectivity index (χ1) is 12.0. The standard InChI is InChI=1S/C18H13FN2O4/c19-14-9-10(5-7-15(14)22)18(24)25-16-8-6-13(17(23)21-20)11-3-1-2-4-12(11)16/h1-9,22H,20H2,(H,21,23). The molecule has 7 heteroatoms. The van der Waals surface area contributed by atoms with E-state index in [-0.39, 0.29) is 11.3 Å². The van der Waals surface area contributed by atoms with Crippen LogP contribution < -0.4 is 16.0 Å². The summed E-state index contributed by atoms with van der Waals surface area (Å²) in [4.78, 5) is 24.1. The molecule has 1 amide bonds. The molecule has 126 valence electrons. The number of ether oxygens (including phenoxy) is 1. The maximum absolute atomic E-state index is 13.4. The normalized spacial score (nSPS) is 10.5. The van der Waals surface area contributed by atoms with Gasteiger partial charge in [-0.2, -0.15) is 0 Å². The monoisotopic (exact) mass is 340 g/mol. The van der Waals surface area contributed by atoms with Gasteiger partial charge in [-0.3, -0.25) is 10.2 Å². The fraction of sp³-hybridized carbons (Fsp3) is 0.